The quantitative estimate of drug-likeness (QED) is 0.423. The molecule has 124 valence electrons. The van der Waals surface area contributed by atoms with E-state index in [2.05, 4.69) is 9.97 Å². The van der Waals surface area contributed by atoms with Gasteiger partial charge in [0.15, 0.2) is 10.9 Å². The monoisotopic (exact) mass is 347 g/mol. The Morgan fingerprint density at radius 2 is 1.88 bits per heavy atom. The van der Waals surface area contributed by atoms with Crippen molar-refractivity contribution >= 4 is 28.4 Å². The number of nitrogens with zero attached hydrogens (tertiary/aromatic N) is 2. The fourth-order valence-corrected chi connectivity index (χ4v) is 3.98. The number of benzene rings is 2. The molecule has 0 saturated carbocycles. The van der Waals surface area contributed by atoms with Crippen LogP contribution in [0.5, 0.6) is 0 Å². The van der Waals surface area contributed by atoms with Gasteiger partial charge in [-0.2, -0.15) is 0 Å². The van der Waals surface area contributed by atoms with Crippen LogP contribution in [0.1, 0.15) is 21.2 Å². The average Bonchev–Trinajstić information content (AvgIpc) is 3.26. The summed E-state index contributed by atoms with van der Waals surface area (Å²) in [4.78, 5) is 20.9. The van der Waals surface area contributed by atoms with Crippen molar-refractivity contribution in [2.75, 3.05) is 0 Å². The predicted molar refractivity (Wildman–Crippen MR) is 101 cm³/mol. The standard InChI is InChI=1S/C20H17N3OS/c1-23-12-11-21-20(23)25-19(14-7-3-2-4-8-14)18(24)16-13-22-17-10-6-5-9-15(16)17/h2-13,19,22H,1H3/t19-/m0/s1. The summed E-state index contributed by atoms with van der Waals surface area (Å²) in [6.45, 7) is 0. The molecule has 2 heterocycles. The third kappa shape index (κ3) is 2.98. The lowest BCUT2D eigenvalue weighted by Gasteiger charge is -2.15. The van der Waals surface area contributed by atoms with Gasteiger partial charge in [-0.15, -0.1) is 0 Å². The van der Waals surface area contributed by atoms with Crippen LogP contribution < -0.4 is 0 Å². The number of thioether (sulfide) groups is 1. The van der Waals surface area contributed by atoms with Crippen molar-refractivity contribution in [2.45, 2.75) is 10.4 Å². The Balaban J connectivity index is 1.77. The Labute approximate surface area is 149 Å². The molecule has 4 nitrogen and oxygen atoms in total. The molecule has 0 fully saturated rings. The largest absolute Gasteiger partial charge is 0.360 e. The van der Waals surface area contributed by atoms with Crippen molar-refractivity contribution in [1.29, 1.82) is 0 Å². The predicted octanol–water partition coefficient (Wildman–Crippen LogP) is 4.62. The van der Waals surface area contributed by atoms with Crippen LogP contribution >= 0.6 is 11.8 Å². The first-order valence-corrected chi connectivity index (χ1v) is 8.91. The molecule has 0 aliphatic heterocycles. The van der Waals surface area contributed by atoms with Crippen LogP contribution in [-0.2, 0) is 7.05 Å². The molecule has 0 saturated heterocycles. The van der Waals surface area contributed by atoms with Crippen molar-refractivity contribution in [3.63, 3.8) is 0 Å². The van der Waals surface area contributed by atoms with Gasteiger partial charge in [-0.05, 0) is 11.6 Å². The van der Waals surface area contributed by atoms with Crippen molar-refractivity contribution in [2.24, 2.45) is 7.05 Å². The van der Waals surface area contributed by atoms with Gasteiger partial charge in [0.1, 0.15) is 5.25 Å². The number of carbonyl (C=O) groups excluding carboxylic acids is 1. The zero-order valence-electron chi connectivity index (χ0n) is 13.7. The number of para-hydroxylation sites is 1. The lowest BCUT2D eigenvalue weighted by molar-refractivity contribution is 0.0991. The maximum Gasteiger partial charge on any atom is 0.182 e. The van der Waals surface area contributed by atoms with Gasteiger partial charge in [0.25, 0.3) is 0 Å². The molecule has 2 aromatic heterocycles. The van der Waals surface area contributed by atoms with Crippen LogP contribution in [0.4, 0.5) is 0 Å². The summed E-state index contributed by atoms with van der Waals surface area (Å²) < 4.78 is 1.93. The van der Waals surface area contributed by atoms with Crippen LogP contribution in [-0.4, -0.2) is 20.3 Å². The van der Waals surface area contributed by atoms with Crippen molar-refractivity contribution < 1.29 is 4.79 Å². The van der Waals surface area contributed by atoms with Crippen LogP contribution in [0, 0.1) is 0 Å². The van der Waals surface area contributed by atoms with Crippen molar-refractivity contribution in [3.05, 3.63) is 84.3 Å². The van der Waals surface area contributed by atoms with Crippen LogP contribution in [0.2, 0.25) is 0 Å². The van der Waals surface area contributed by atoms with Gasteiger partial charge >= 0.3 is 0 Å². The van der Waals surface area contributed by atoms with E-state index < -0.39 is 0 Å². The molecule has 1 N–H and O–H groups in total. The third-order valence-electron chi connectivity index (χ3n) is 4.20. The maximum atomic E-state index is 13.4. The Bertz CT molecular complexity index is 1020. The van der Waals surface area contributed by atoms with E-state index in [4.69, 9.17) is 0 Å². The highest BCUT2D eigenvalue weighted by molar-refractivity contribution is 8.00. The minimum Gasteiger partial charge on any atom is -0.360 e. The average molecular weight is 347 g/mol. The first kappa shape index (κ1) is 15.7. The van der Waals surface area contributed by atoms with E-state index >= 15 is 0 Å². The molecule has 25 heavy (non-hydrogen) atoms. The van der Waals surface area contributed by atoms with Crippen LogP contribution in [0.3, 0.4) is 0 Å². The number of aromatic amines is 1. The highest BCUT2D eigenvalue weighted by atomic mass is 32.2. The lowest BCUT2D eigenvalue weighted by Crippen LogP contribution is -2.10. The van der Waals surface area contributed by atoms with Crippen molar-refractivity contribution in [3.8, 4) is 0 Å². The Morgan fingerprint density at radius 1 is 1.12 bits per heavy atom. The second kappa shape index (κ2) is 6.61. The fraction of sp³-hybridized carbons (Fsp3) is 0.100. The fourth-order valence-electron chi connectivity index (χ4n) is 2.89. The number of aromatic nitrogens is 3. The molecule has 0 aliphatic rings. The molecule has 0 bridgehead atoms. The molecule has 0 unspecified atom stereocenters. The molecular formula is C20H17N3OS. The summed E-state index contributed by atoms with van der Waals surface area (Å²) in [6, 6.07) is 17.7. The zero-order chi connectivity index (χ0) is 17.2. The van der Waals surface area contributed by atoms with Crippen molar-refractivity contribution in [1.82, 2.24) is 14.5 Å². The molecule has 4 rings (SSSR count). The van der Waals surface area contributed by atoms with Crippen LogP contribution in [0.15, 0.2) is 78.3 Å². The molecule has 0 aliphatic carbocycles. The number of imidazole rings is 1. The van der Waals surface area contributed by atoms with Gasteiger partial charge in [0, 0.05) is 42.1 Å². The SMILES string of the molecule is Cn1ccnc1S[C@H](C(=O)c1c[nH]c2ccccc12)c1ccccc1. The minimum atomic E-state index is -0.346. The third-order valence-corrected chi connectivity index (χ3v) is 5.52. The van der Waals surface area contributed by atoms with Crippen LogP contribution in [0.25, 0.3) is 10.9 Å². The number of hydrogen-bond acceptors (Lipinski definition) is 3. The summed E-state index contributed by atoms with van der Waals surface area (Å²) in [5.74, 6) is 0.0802. The normalized spacial score (nSPS) is 12.4. The number of hydrogen-bond donors (Lipinski definition) is 1. The molecule has 1 atom stereocenters. The number of rotatable bonds is 5. The number of ketones is 1. The summed E-state index contributed by atoms with van der Waals surface area (Å²) >= 11 is 1.48. The van der Waals surface area contributed by atoms with Gasteiger partial charge in [-0.3, -0.25) is 4.79 Å². The van der Waals surface area contributed by atoms with E-state index in [1.54, 1.807) is 6.20 Å². The van der Waals surface area contributed by atoms with Gasteiger partial charge in [0.05, 0.1) is 0 Å². The Hall–Kier alpha value is -2.79. The van der Waals surface area contributed by atoms with E-state index in [0.717, 1.165) is 21.6 Å². The molecule has 0 spiro atoms. The van der Waals surface area contributed by atoms with Gasteiger partial charge in [-0.25, -0.2) is 4.98 Å². The smallest absolute Gasteiger partial charge is 0.182 e. The lowest BCUT2D eigenvalue weighted by atomic mass is 10.0. The maximum absolute atomic E-state index is 13.4. The first-order chi connectivity index (χ1) is 12.2. The number of fused-ring (bicyclic) bond motifs is 1. The number of H-pyrrole nitrogens is 1. The van der Waals surface area contributed by atoms with E-state index in [0.29, 0.717) is 5.56 Å². The zero-order valence-corrected chi connectivity index (χ0v) is 14.5. The molecule has 2 aromatic carbocycles. The molecule has 4 aromatic rings. The number of nitrogens with one attached hydrogen (secondary N) is 1. The topological polar surface area (TPSA) is 50.7 Å². The second-order valence-electron chi connectivity index (χ2n) is 5.84. The van der Waals surface area contributed by atoms with E-state index in [9.17, 15) is 4.79 Å². The van der Waals surface area contributed by atoms with E-state index in [1.165, 1.54) is 11.8 Å². The molecule has 5 heteroatoms. The molecule has 0 radical (unpaired) electrons. The number of Topliss-reactive ketones (excluding diaryl/α,β-unsaturated/α-hetero) is 1. The first-order valence-electron chi connectivity index (χ1n) is 8.03. The Morgan fingerprint density at radius 3 is 2.64 bits per heavy atom. The van der Waals surface area contributed by atoms with Gasteiger partial charge in [0.2, 0.25) is 0 Å². The second-order valence-corrected chi connectivity index (χ2v) is 6.91. The summed E-state index contributed by atoms with van der Waals surface area (Å²) in [5.41, 5.74) is 2.66. The van der Waals surface area contributed by atoms with E-state index in [1.807, 2.05) is 78.6 Å². The summed E-state index contributed by atoms with van der Waals surface area (Å²) in [5, 5.41) is 1.43. The summed E-state index contributed by atoms with van der Waals surface area (Å²) in [6.07, 6.45) is 5.45. The number of carbonyl (C=O) groups is 1. The van der Waals surface area contributed by atoms with Gasteiger partial charge in [-0.1, -0.05) is 60.3 Å². The molecular weight excluding hydrogens is 330 g/mol. The Kier molecular flexibility index (Phi) is 4.15. The van der Waals surface area contributed by atoms with Gasteiger partial charge < -0.3 is 9.55 Å². The highest BCUT2D eigenvalue weighted by Crippen LogP contribution is 2.38. The molecule has 0 amide bonds. The summed E-state index contributed by atoms with van der Waals surface area (Å²) in [7, 11) is 1.94. The number of aryl methyl sites for hydroxylation is 1. The highest BCUT2D eigenvalue weighted by Gasteiger charge is 2.26. The van der Waals surface area contributed by atoms with E-state index in [-0.39, 0.29) is 11.0 Å². The minimum absolute atomic E-state index is 0.0802.